The number of benzene rings is 3. The summed E-state index contributed by atoms with van der Waals surface area (Å²) in [4.78, 5) is 13.7. The second kappa shape index (κ2) is 9.53. The summed E-state index contributed by atoms with van der Waals surface area (Å²) in [5.41, 5.74) is 2.34. The number of ether oxygens (including phenoxy) is 2. The average molecular weight is 414 g/mol. The lowest BCUT2D eigenvalue weighted by atomic mass is 10.1. The van der Waals surface area contributed by atoms with Crippen LogP contribution in [0.15, 0.2) is 71.6 Å². The minimum absolute atomic E-state index is 0.188. The van der Waals surface area contributed by atoms with Crippen LogP contribution in [0.4, 0.5) is 5.69 Å². The van der Waals surface area contributed by atoms with Gasteiger partial charge in [0, 0.05) is 45.1 Å². The smallest absolute Gasteiger partial charge is 0.255 e. The molecule has 0 unspecified atom stereocenters. The highest BCUT2D eigenvalue weighted by Gasteiger charge is 2.09. The Labute approximate surface area is 173 Å². The van der Waals surface area contributed by atoms with Crippen LogP contribution in [0.25, 0.3) is 0 Å². The Bertz CT molecular complexity index is 921. The highest BCUT2D eigenvalue weighted by molar-refractivity contribution is 7.98. The van der Waals surface area contributed by atoms with Crippen LogP contribution in [0.5, 0.6) is 11.5 Å². The van der Waals surface area contributed by atoms with Crippen LogP contribution in [-0.2, 0) is 5.75 Å². The molecule has 0 saturated heterocycles. The lowest BCUT2D eigenvalue weighted by molar-refractivity contribution is 0.102. The number of anilines is 1. The van der Waals surface area contributed by atoms with Gasteiger partial charge in [0.1, 0.15) is 11.5 Å². The van der Waals surface area contributed by atoms with E-state index < -0.39 is 0 Å². The maximum Gasteiger partial charge on any atom is 0.255 e. The van der Waals surface area contributed by atoms with E-state index in [1.807, 2.05) is 48.5 Å². The molecule has 0 fully saturated rings. The molecule has 3 rings (SSSR count). The van der Waals surface area contributed by atoms with Gasteiger partial charge in [-0.05, 0) is 42.0 Å². The fraction of sp³-hybridized carbons (Fsp3) is 0.136. The summed E-state index contributed by atoms with van der Waals surface area (Å²) < 4.78 is 10.5. The van der Waals surface area contributed by atoms with E-state index in [4.69, 9.17) is 21.1 Å². The molecule has 0 aliphatic heterocycles. The van der Waals surface area contributed by atoms with Crippen LogP contribution in [0.3, 0.4) is 0 Å². The molecule has 1 N–H and O–H groups in total. The van der Waals surface area contributed by atoms with Crippen LogP contribution in [0.1, 0.15) is 15.9 Å². The number of nitrogens with one attached hydrogen (secondary N) is 1. The van der Waals surface area contributed by atoms with E-state index in [-0.39, 0.29) is 5.91 Å². The Morgan fingerprint density at radius 3 is 2.11 bits per heavy atom. The van der Waals surface area contributed by atoms with Crippen molar-refractivity contribution in [1.82, 2.24) is 0 Å². The highest BCUT2D eigenvalue weighted by Crippen LogP contribution is 2.27. The molecule has 3 aromatic rings. The van der Waals surface area contributed by atoms with Crippen molar-refractivity contribution in [1.29, 1.82) is 0 Å². The Morgan fingerprint density at radius 1 is 0.929 bits per heavy atom. The summed E-state index contributed by atoms with van der Waals surface area (Å²) in [7, 11) is 3.14. The molecule has 3 aromatic carbocycles. The third-order valence-electron chi connectivity index (χ3n) is 4.04. The van der Waals surface area contributed by atoms with Crippen molar-refractivity contribution in [2.75, 3.05) is 19.5 Å². The van der Waals surface area contributed by atoms with Gasteiger partial charge >= 0.3 is 0 Å². The molecule has 0 aliphatic rings. The molecule has 0 saturated carbocycles. The van der Waals surface area contributed by atoms with E-state index in [0.29, 0.717) is 22.7 Å². The Hall–Kier alpha value is -2.63. The molecule has 144 valence electrons. The Morgan fingerprint density at radius 2 is 1.54 bits per heavy atom. The van der Waals surface area contributed by atoms with Gasteiger partial charge in [-0.25, -0.2) is 0 Å². The maximum atomic E-state index is 12.5. The highest BCUT2D eigenvalue weighted by atomic mass is 35.5. The van der Waals surface area contributed by atoms with Crippen LogP contribution in [0.2, 0.25) is 5.02 Å². The SMILES string of the molecule is COc1cc(NC(=O)c2ccc(CSc3ccc(Cl)cc3)cc2)cc(OC)c1. The molecule has 0 heterocycles. The summed E-state index contributed by atoms with van der Waals surface area (Å²) >= 11 is 7.63. The summed E-state index contributed by atoms with van der Waals surface area (Å²) in [5, 5.41) is 3.60. The van der Waals surface area contributed by atoms with E-state index in [0.717, 1.165) is 21.2 Å². The first-order valence-electron chi connectivity index (χ1n) is 8.59. The van der Waals surface area contributed by atoms with E-state index in [2.05, 4.69) is 5.32 Å². The van der Waals surface area contributed by atoms with Gasteiger partial charge in [0.25, 0.3) is 5.91 Å². The largest absolute Gasteiger partial charge is 0.497 e. The van der Waals surface area contributed by atoms with Crippen molar-refractivity contribution in [3.63, 3.8) is 0 Å². The van der Waals surface area contributed by atoms with Gasteiger partial charge in [-0.1, -0.05) is 23.7 Å². The standard InChI is InChI=1S/C22H20ClNO3S/c1-26-19-11-18(12-20(13-19)27-2)24-22(25)16-5-3-15(4-6-16)14-28-21-9-7-17(23)8-10-21/h3-13H,14H2,1-2H3,(H,24,25). The zero-order chi connectivity index (χ0) is 19.9. The third-order valence-corrected chi connectivity index (χ3v) is 5.38. The topological polar surface area (TPSA) is 47.6 Å². The van der Waals surface area contributed by atoms with Crippen LogP contribution >= 0.6 is 23.4 Å². The number of hydrogen-bond donors (Lipinski definition) is 1. The molecule has 4 nitrogen and oxygen atoms in total. The number of halogens is 1. The number of methoxy groups -OCH3 is 2. The third kappa shape index (κ3) is 5.44. The van der Waals surface area contributed by atoms with E-state index >= 15 is 0 Å². The minimum atomic E-state index is -0.188. The monoisotopic (exact) mass is 413 g/mol. The molecule has 0 spiro atoms. The van der Waals surface area contributed by atoms with E-state index in [1.165, 1.54) is 0 Å². The molecule has 0 aromatic heterocycles. The van der Waals surface area contributed by atoms with Crippen molar-refractivity contribution >= 4 is 35.0 Å². The quantitative estimate of drug-likeness (QED) is 0.490. The molecule has 0 radical (unpaired) electrons. The fourth-order valence-corrected chi connectivity index (χ4v) is 3.51. The first-order chi connectivity index (χ1) is 13.6. The van der Waals surface area contributed by atoms with Gasteiger partial charge < -0.3 is 14.8 Å². The lowest BCUT2D eigenvalue weighted by Gasteiger charge is -2.10. The predicted octanol–water partition coefficient (Wildman–Crippen LogP) is 5.90. The molecule has 28 heavy (non-hydrogen) atoms. The first kappa shape index (κ1) is 20.1. The van der Waals surface area contributed by atoms with E-state index in [9.17, 15) is 4.79 Å². The zero-order valence-electron chi connectivity index (χ0n) is 15.6. The Kier molecular flexibility index (Phi) is 6.85. The summed E-state index contributed by atoms with van der Waals surface area (Å²) in [6, 6.07) is 20.6. The molecular formula is C22H20ClNO3S. The van der Waals surface area contributed by atoms with Gasteiger partial charge in [-0.2, -0.15) is 0 Å². The zero-order valence-corrected chi connectivity index (χ0v) is 17.1. The van der Waals surface area contributed by atoms with Crippen molar-refractivity contribution in [2.45, 2.75) is 10.6 Å². The van der Waals surface area contributed by atoms with Crippen LogP contribution in [0, 0.1) is 0 Å². The van der Waals surface area contributed by atoms with Crippen LogP contribution < -0.4 is 14.8 Å². The van der Waals surface area contributed by atoms with Gasteiger partial charge in [0.05, 0.1) is 14.2 Å². The lowest BCUT2D eigenvalue weighted by Crippen LogP contribution is -2.12. The van der Waals surface area contributed by atoms with Gasteiger partial charge in [0.2, 0.25) is 0 Å². The van der Waals surface area contributed by atoms with E-state index in [1.54, 1.807) is 44.2 Å². The Balaban J connectivity index is 1.62. The summed E-state index contributed by atoms with van der Waals surface area (Å²) in [6.45, 7) is 0. The molecule has 0 bridgehead atoms. The molecular weight excluding hydrogens is 394 g/mol. The van der Waals surface area contributed by atoms with Gasteiger partial charge in [-0.15, -0.1) is 11.8 Å². The average Bonchev–Trinajstić information content (AvgIpc) is 2.73. The number of rotatable bonds is 7. The summed E-state index contributed by atoms with van der Waals surface area (Å²) in [5.74, 6) is 1.86. The number of carbonyl (C=O) groups excluding carboxylic acids is 1. The maximum absolute atomic E-state index is 12.5. The van der Waals surface area contributed by atoms with Crippen LogP contribution in [-0.4, -0.2) is 20.1 Å². The molecule has 0 atom stereocenters. The van der Waals surface area contributed by atoms with Crippen molar-refractivity contribution in [2.24, 2.45) is 0 Å². The van der Waals surface area contributed by atoms with Crippen molar-refractivity contribution in [3.05, 3.63) is 82.9 Å². The second-order valence-corrected chi connectivity index (χ2v) is 7.48. The van der Waals surface area contributed by atoms with Crippen molar-refractivity contribution in [3.8, 4) is 11.5 Å². The number of carbonyl (C=O) groups is 1. The van der Waals surface area contributed by atoms with Crippen molar-refractivity contribution < 1.29 is 14.3 Å². The molecule has 0 aliphatic carbocycles. The first-order valence-corrected chi connectivity index (χ1v) is 9.95. The minimum Gasteiger partial charge on any atom is -0.497 e. The number of thioether (sulfide) groups is 1. The number of hydrogen-bond acceptors (Lipinski definition) is 4. The normalized spacial score (nSPS) is 10.4. The number of amides is 1. The predicted molar refractivity (Wildman–Crippen MR) is 115 cm³/mol. The molecule has 6 heteroatoms. The molecule has 1 amide bonds. The van der Waals surface area contributed by atoms with Gasteiger partial charge in [-0.3, -0.25) is 4.79 Å². The second-order valence-electron chi connectivity index (χ2n) is 5.99. The van der Waals surface area contributed by atoms with Gasteiger partial charge in [0.15, 0.2) is 0 Å². The summed E-state index contributed by atoms with van der Waals surface area (Å²) in [6.07, 6.45) is 0. The fourth-order valence-electron chi connectivity index (χ4n) is 2.53.